The molecule has 0 unspecified atom stereocenters. The van der Waals surface area contributed by atoms with E-state index in [9.17, 15) is 9.59 Å². The van der Waals surface area contributed by atoms with Gasteiger partial charge in [0.05, 0.1) is 18.6 Å². The summed E-state index contributed by atoms with van der Waals surface area (Å²) in [7, 11) is 1.50. The summed E-state index contributed by atoms with van der Waals surface area (Å²) < 4.78 is 5.90. The molecule has 1 aromatic rings. The summed E-state index contributed by atoms with van der Waals surface area (Å²) in [6, 6.07) is 3.48. The molecule has 1 aromatic carbocycles. The van der Waals surface area contributed by atoms with Crippen molar-refractivity contribution in [3.05, 3.63) is 27.7 Å². The third-order valence-corrected chi connectivity index (χ3v) is 3.69. The summed E-state index contributed by atoms with van der Waals surface area (Å²) >= 11 is 3.35. The fourth-order valence-electron chi connectivity index (χ4n) is 2.10. The van der Waals surface area contributed by atoms with Crippen LogP contribution in [0.1, 0.15) is 22.3 Å². The molecule has 1 N–H and O–H groups in total. The molecular formula is C12H11BrO4. The first-order valence-corrected chi connectivity index (χ1v) is 5.95. The van der Waals surface area contributed by atoms with E-state index < -0.39 is 11.9 Å². The number of ether oxygens (including phenoxy) is 1. The van der Waals surface area contributed by atoms with Crippen molar-refractivity contribution in [1.29, 1.82) is 0 Å². The zero-order valence-electron chi connectivity index (χ0n) is 9.20. The predicted octanol–water partition coefficient (Wildman–Crippen LogP) is 2.29. The molecule has 0 aliphatic heterocycles. The van der Waals surface area contributed by atoms with Gasteiger partial charge in [-0.15, -0.1) is 0 Å². The summed E-state index contributed by atoms with van der Waals surface area (Å²) in [4.78, 5) is 22.9. The minimum atomic E-state index is -0.932. The molecule has 0 heterocycles. The van der Waals surface area contributed by atoms with Gasteiger partial charge in [0.15, 0.2) is 5.78 Å². The average Bonchev–Trinajstić information content (AvgIpc) is 2.30. The van der Waals surface area contributed by atoms with Crippen molar-refractivity contribution in [1.82, 2.24) is 0 Å². The zero-order chi connectivity index (χ0) is 12.6. The molecule has 0 bridgehead atoms. The molecule has 0 saturated carbocycles. The lowest BCUT2D eigenvalue weighted by atomic mass is 9.82. The Kier molecular flexibility index (Phi) is 3.19. The summed E-state index contributed by atoms with van der Waals surface area (Å²) in [5.41, 5.74) is 1.24. The SMILES string of the molecule is COc1ccc(Br)c2c1C(=O)C[C@H](C(=O)O)C2. The lowest BCUT2D eigenvalue weighted by molar-refractivity contribution is -0.141. The highest BCUT2D eigenvalue weighted by Crippen LogP contribution is 2.36. The number of carboxylic acid groups (broad SMARTS) is 1. The zero-order valence-corrected chi connectivity index (χ0v) is 10.8. The Morgan fingerprint density at radius 1 is 1.47 bits per heavy atom. The van der Waals surface area contributed by atoms with E-state index >= 15 is 0 Å². The monoisotopic (exact) mass is 298 g/mol. The Morgan fingerprint density at radius 2 is 2.18 bits per heavy atom. The van der Waals surface area contributed by atoms with Crippen molar-refractivity contribution in [2.75, 3.05) is 7.11 Å². The number of carbonyl (C=O) groups is 2. The number of aliphatic carboxylic acids is 1. The second kappa shape index (κ2) is 4.49. The van der Waals surface area contributed by atoms with Crippen LogP contribution >= 0.6 is 15.9 Å². The van der Waals surface area contributed by atoms with Crippen molar-refractivity contribution in [3.63, 3.8) is 0 Å². The second-order valence-electron chi connectivity index (χ2n) is 3.97. The molecule has 17 heavy (non-hydrogen) atoms. The van der Waals surface area contributed by atoms with Gasteiger partial charge in [-0.25, -0.2) is 0 Å². The summed E-state index contributed by atoms with van der Waals surface area (Å²) in [6.45, 7) is 0. The van der Waals surface area contributed by atoms with Crippen LogP contribution in [0, 0.1) is 5.92 Å². The molecule has 0 amide bonds. The van der Waals surface area contributed by atoms with Gasteiger partial charge >= 0.3 is 5.97 Å². The Hall–Kier alpha value is -1.36. The number of hydrogen-bond donors (Lipinski definition) is 1. The van der Waals surface area contributed by atoms with Crippen LogP contribution in [0.3, 0.4) is 0 Å². The van der Waals surface area contributed by atoms with E-state index in [2.05, 4.69) is 15.9 Å². The highest BCUT2D eigenvalue weighted by molar-refractivity contribution is 9.10. The topological polar surface area (TPSA) is 63.6 Å². The number of benzene rings is 1. The minimum Gasteiger partial charge on any atom is -0.496 e. The van der Waals surface area contributed by atoms with Gasteiger partial charge in [0.1, 0.15) is 5.75 Å². The summed E-state index contributed by atoms with van der Waals surface area (Å²) in [6.07, 6.45) is 0.392. The number of methoxy groups -OCH3 is 1. The van der Waals surface area contributed by atoms with Crippen molar-refractivity contribution >= 4 is 27.7 Å². The first kappa shape index (κ1) is 12.1. The number of hydrogen-bond acceptors (Lipinski definition) is 3. The summed E-state index contributed by atoms with van der Waals surface area (Å²) in [5, 5.41) is 9.00. The molecule has 0 spiro atoms. The maximum atomic E-state index is 12.0. The molecule has 0 aromatic heterocycles. The predicted molar refractivity (Wildman–Crippen MR) is 64.5 cm³/mol. The van der Waals surface area contributed by atoms with Crippen LogP contribution in [0.25, 0.3) is 0 Å². The van der Waals surface area contributed by atoms with Crippen LogP contribution in [0.5, 0.6) is 5.75 Å². The van der Waals surface area contributed by atoms with Crippen LogP contribution in [0.2, 0.25) is 0 Å². The Balaban J connectivity index is 2.54. The van der Waals surface area contributed by atoms with Gasteiger partial charge in [0, 0.05) is 10.9 Å². The number of rotatable bonds is 2. The van der Waals surface area contributed by atoms with Gasteiger partial charge in [-0.3, -0.25) is 9.59 Å². The van der Waals surface area contributed by atoms with Crippen LogP contribution in [0.4, 0.5) is 0 Å². The molecule has 1 aliphatic carbocycles. The van der Waals surface area contributed by atoms with Gasteiger partial charge in [0.25, 0.3) is 0 Å². The fraction of sp³-hybridized carbons (Fsp3) is 0.333. The molecule has 0 saturated heterocycles. The van der Waals surface area contributed by atoms with Gasteiger partial charge in [-0.2, -0.15) is 0 Å². The third-order valence-electron chi connectivity index (χ3n) is 2.95. The third kappa shape index (κ3) is 2.07. The lowest BCUT2D eigenvalue weighted by Crippen LogP contribution is -2.27. The van der Waals surface area contributed by atoms with Crippen LogP contribution in [-0.2, 0) is 11.2 Å². The largest absolute Gasteiger partial charge is 0.496 e. The molecule has 1 atom stereocenters. The number of fused-ring (bicyclic) bond motifs is 1. The van der Waals surface area contributed by atoms with E-state index in [1.807, 2.05) is 0 Å². The number of carbonyl (C=O) groups excluding carboxylic acids is 1. The number of carboxylic acids is 1. The molecule has 4 nitrogen and oxygen atoms in total. The molecule has 2 rings (SSSR count). The maximum absolute atomic E-state index is 12.0. The molecule has 90 valence electrons. The molecule has 1 aliphatic rings. The number of Topliss-reactive ketones (excluding diaryl/α,β-unsaturated/α-hetero) is 1. The highest BCUT2D eigenvalue weighted by atomic mass is 79.9. The van der Waals surface area contributed by atoms with Crippen molar-refractivity contribution in [2.45, 2.75) is 12.8 Å². The van der Waals surface area contributed by atoms with E-state index in [1.54, 1.807) is 12.1 Å². The Labute approximate surface area is 107 Å². The van der Waals surface area contributed by atoms with Crippen LogP contribution in [0.15, 0.2) is 16.6 Å². The first-order valence-electron chi connectivity index (χ1n) is 5.16. The van der Waals surface area contributed by atoms with Gasteiger partial charge < -0.3 is 9.84 Å². The standard InChI is InChI=1S/C12H11BrO4/c1-17-10-3-2-8(13)7-4-6(12(15)16)5-9(14)11(7)10/h2-3,6H,4-5H2,1H3,(H,15,16)/t6-/m1/s1. The second-order valence-corrected chi connectivity index (χ2v) is 4.82. The van der Waals surface area contributed by atoms with E-state index in [0.29, 0.717) is 17.7 Å². The lowest BCUT2D eigenvalue weighted by Gasteiger charge is -2.23. The summed E-state index contributed by atoms with van der Waals surface area (Å²) in [5.74, 6) is -1.23. The molecular weight excluding hydrogens is 288 g/mol. The van der Waals surface area contributed by atoms with Crippen molar-refractivity contribution in [3.8, 4) is 5.75 Å². The van der Waals surface area contributed by atoms with Crippen LogP contribution < -0.4 is 4.74 Å². The first-order chi connectivity index (χ1) is 8.04. The quantitative estimate of drug-likeness (QED) is 0.910. The smallest absolute Gasteiger partial charge is 0.307 e. The highest BCUT2D eigenvalue weighted by Gasteiger charge is 2.33. The molecule has 0 fully saturated rings. The molecule has 0 radical (unpaired) electrons. The van der Waals surface area contributed by atoms with Crippen molar-refractivity contribution < 1.29 is 19.4 Å². The van der Waals surface area contributed by atoms with Gasteiger partial charge in [0.2, 0.25) is 0 Å². The molecule has 5 heteroatoms. The maximum Gasteiger partial charge on any atom is 0.307 e. The van der Waals surface area contributed by atoms with E-state index in [0.717, 1.165) is 10.0 Å². The fourth-order valence-corrected chi connectivity index (χ4v) is 2.59. The Bertz CT molecular complexity index is 496. The van der Waals surface area contributed by atoms with Gasteiger partial charge in [-0.1, -0.05) is 15.9 Å². The number of ketones is 1. The van der Waals surface area contributed by atoms with Crippen LogP contribution in [-0.4, -0.2) is 24.0 Å². The Morgan fingerprint density at radius 3 is 2.76 bits per heavy atom. The van der Waals surface area contributed by atoms with E-state index in [1.165, 1.54) is 7.11 Å². The normalized spacial score (nSPS) is 18.7. The van der Waals surface area contributed by atoms with E-state index in [4.69, 9.17) is 9.84 Å². The number of halogens is 1. The van der Waals surface area contributed by atoms with Gasteiger partial charge in [-0.05, 0) is 24.1 Å². The van der Waals surface area contributed by atoms with E-state index in [-0.39, 0.29) is 12.2 Å². The van der Waals surface area contributed by atoms with Crippen molar-refractivity contribution in [2.24, 2.45) is 5.92 Å². The minimum absolute atomic E-state index is 0.0369. The average molecular weight is 299 g/mol.